The molecule has 0 radical (unpaired) electrons. The van der Waals surface area contributed by atoms with Crippen molar-refractivity contribution in [3.05, 3.63) is 71.3 Å². The van der Waals surface area contributed by atoms with Gasteiger partial charge in [-0.15, -0.1) is 0 Å². The summed E-state index contributed by atoms with van der Waals surface area (Å²) in [5.41, 5.74) is 2.01. The van der Waals surface area contributed by atoms with E-state index in [1.807, 2.05) is 30.3 Å². The van der Waals surface area contributed by atoms with Gasteiger partial charge in [0, 0.05) is 23.1 Å². The number of unbranched alkanes of at least 4 members (excludes halogenated alkanes) is 9. The average Bonchev–Trinajstić information content (AvgIpc) is 2.75. The van der Waals surface area contributed by atoms with E-state index in [-0.39, 0.29) is 11.6 Å². The first-order valence-electron chi connectivity index (χ1n) is 11.0. The molecule has 2 aromatic rings. The molecule has 0 saturated carbocycles. The molecule has 0 atom stereocenters. The summed E-state index contributed by atoms with van der Waals surface area (Å²) in [7, 11) is 0. The molecule has 0 bridgehead atoms. The molecule has 0 spiro atoms. The van der Waals surface area contributed by atoms with Gasteiger partial charge < -0.3 is 0 Å². The van der Waals surface area contributed by atoms with Crippen LogP contribution in [0.3, 0.4) is 0 Å². The van der Waals surface area contributed by atoms with Gasteiger partial charge in [0.1, 0.15) is 0 Å². The molecule has 0 amide bonds. The van der Waals surface area contributed by atoms with Crippen LogP contribution in [0.5, 0.6) is 0 Å². The van der Waals surface area contributed by atoms with E-state index in [4.69, 9.17) is 0 Å². The van der Waals surface area contributed by atoms with Gasteiger partial charge in [-0.25, -0.2) is 0 Å². The van der Waals surface area contributed by atoms with Crippen LogP contribution < -0.4 is 0 Å². The maximum atomic E-state index is 12.4. The zero-order valence-corrected chi connectivity index (χ0v) is 17.3. The van der Waals surface area contributed by atoms with E-state index in [1.54, 1.807) is 24.3 Å². The van der Waals surface area contributed by atoms with Gasteiger partial charge in [0.05, 0.1) is 0 Å². The molecule has 2 nitrogen and oxygen atoms in total. The lowest BCUT2D eigenvalue weighted by atomic mass is 9.99. The second kappa shape index (κ2) is 13.0. The number of carbonyl (C=O) groups excluding carboxylic acids is 2. The van der Waals surface area contributed by atoms with Crippen molar-refractivity contribution in [3.63, 3.8) is 0 Å². The van der Waals surface area contributed by atoms with E-state index in [2.05, 4.69) is 6.92 Å². The summed E-state index contributed by atoms with van der Waals surface area (Å²) in [4.78, 5) is 24.8. The average molecular weight is 379 g/mol. The molecule has 150 valence electrons. The highest BCUT2D eigenvalue weighted by Gasteiger charge is 2.10. The lowest BCUT2D eigenvalue weighted by Gasteiger charge is -2.05. The Morgan fingerprint density at radius 1 is 0.571 bits per heavy atom. The van der Waals surface area contributed by atoms with Crippen molar-refractivity contribution in [2.75, 3.05) is 0 Å². The van der Waals surface area contributed by atoms with Gasteiger partial charge >= 0.3 is 0 Å². The number of benzene rings is 2. The number of hydrogen-bond donors (Lipinski definition) is 0. The van der Waals surface area contributed by atoms with E-state index >= 15 is 0 Å². The van der Waals surface area contributed by atoms with Crippen LogP contribution in [0.2, 0.25) is 0 Å². The van der Waals surface area contributed by atoms with Crippen LogP contribution in [0.1, 0.15) is 104 Å². The number of rotatable bonds is 14. The fraction of sp³-hybridized carbons (Fsp3) is 0.462. The fourth-order valence-corrected chi connectivity index (χ4v) is 3.48. The van der Waals surface area contributed by atoms with Crippen LogP contribution in [0, 0.1) is 0 Å². The van der Waals surface area contributed by atoms with Gasteiger partial charge in [-0.3, -0.25) is 9.59 Å². The van der Waals surface area contributed by atoms with Crippen molar-refractivity contribution >= 4 is 11.6 Å². The van der Waals surface area contributed by atoms with E-state index in [0.29, 0.717) is 23.1 Å². The maximum Gasteiger partial charge on any atom is 0.193 e. The standard InChI is InChI=1S/C26H34O2/c1-2-3-4-5-6-7-8-9-10-14-17-25(27)22-18-20-24(21-19-22)26(28)23-15-12-11-13-16-23/h11-13,15-16,18-21H,2-10,14,17H2,1H3. The first-order valence-corrected chi connectivity index (χ1v) is 11.0. The zero-order valence-electron chi connectivity index (χ0n) is 17.3. The van der Waals surface area contributed by atoms with Crippen molar-refractivity contribution in [2.45, 2.75) is 77.6 Å². The van der Waals surface area contributed by atoms with Gasteiger partial charge in [0.2, 0.25) is 0 Å². The molecule has 28 heavy (non-hydrogen) atoms. The van der Waals surface area contributed by atoms with E-state index in [0.717, 1.165) is 12.8 Å². The molecule has 0 aliphatic heterocycles. The summed E-state index contributed by atoms with van der Waals surface area (Å²) < 4.78 is 0. The van der Waals surface area contributed by atoms with Crippen LogP contribution in [0.15, 0.2) is 54.6 Å². The first kappa shape index (κ1) is 22.1. The smallest absolute Gasteiger partial charge is 0.193 e. The summed E-state index contributed by atoms with van der Waals surface area (Å²) in [6.07, 6.45) is 13.3. The van der Waals surface area contributed by atoms with Gasteiger partial charge in [-0.1, -0.05) is 119 Å². The minimum atomic E-state index is -0.00528. The van der Waals surface area contributed by atoms with Crippen LogP contribution in [-0.2, 0) is 0 Å². The minimum absolute atomic E-state index is 0.00528. The highest BCUT2D eigenvalue weighted by Crippen LogP contribution is 2.15. The van der Waals surface area contributed by atoms with Crippen molar-refractivity contribution in [2.24, 2.45) is 0 Å². The number of carbonyl (C=O) groups is 2. The Balaban J connectivity index is 1.64. The third-order valence-corrected chi connectivity index (χ3v) is 5.26. The lowest BCUT2D eigenvalue weighted by Crippen LogP contribution is -2.03. The van der Waals surface area contributed by atoms with Crippen LogP contribution >= 0.6 is 0 Å². The van der Waals surface area contributed by atoms with Gasteiger partial charge in [-0.05, 0) is 6.42 Å². The molecule has 0 heterocycles. The van der Waals surface area contributed by atoms with Crippen molar-refractivity contribution < 1.29 is 9.59 Å². The largest absolute Gasteiger partial charge is 0.294 e. The number of Topliss-reactive ketones (excluding diaryl/α,β-unsaturated/α-hetero) is 1. The summed E-state index contributed by atoms with van der Waals surface area (Å²) in [5.74, 6) is 0.174. The monoisotopic (exact) mass is 378 g/mol. The molecule has 2 aromatic carbocycles. The van der Waals surface area contributed by atoms with Gasteiger partial charge in [0.25, 0.3) is 0 Å². The second-order valence-electron chi connectivity index (χ2n) is 7.63. The molecule has 0 fully saturated rings. The molecule has 0 saturated heterocycles. The highest BCUT2D eigenvalue weighted by atomic mass is 16.1. The molecule has 0 N–H and O–H groups in total. The Labute approximate surface area is 170 Å². The molecule has 0 aromatic heterocycles. The molecular formula is C26H34O2. The van der Waals surface area contributed by atoms with Crippen molar-refractivity contribution in [1.82, 2.24) is 0 Å². The predicted octanol–water partition coefficient (Wildman–Crippen LogP) is 7.41. The number of ketones is 2. The molecular weight excluding hydrogens is 344 g/mol. The topological polar surface area (TPSA) is 34.1 Å². The normalized spacial score (nSPS) is 10.8. The second-order valence-corrected chi connectivity index (χ2v) is 7.63. The van der Waals surface area contributed by atoms with Crippen LogP contribution in [0.4, 0.5) is 0 Å². The predicted molar refractivity (Wildman–Crippen MR) is 117 cm³/mol. The van der Waals surface area contributed by atoms with Crippen molar-refractivity contribution in [3.8, 4) is 0 Å². The Kier molecular flexibility index (Phi) is 10.3. The first-order chi connectivity index (χ1) is 13.7. The SMILES string of the molecule is CCCCCCCCCCCCC(=O)c1ccc(C(=O)c2ccccc2)cc1. The van der Waals surface area contributed by atoms with E-state index in [1.165, 1.54) is 51.4 Å². The van der Waals surface area contributed by atoms with Crippen LogP contribution in [0.25, 0.3) is 0 Å². The lowest BCUT2D eigenvalue weighted by molar-refractivity contribution is 0.0977. The summed E-state index contributed by atoms with van der Waals surface area (Å²) >= 11 is 0. The molecule has 0 aliphatic carbocycles. The summed E-state index contributed by atoms with van der Waals surface area (Å²) in [6, 6.07) is 16.3. The Hall–Kier alpha value is -2.22. The van der Waals surface area contributed by atoms with Crippen molar-refractivity contribution in [1.29, 1.82) is 0 Å². The Morgan fingerprint density at radius 2 is 1.04 bits per heavy atom. The third-order valence-electron chi connectivity index (χ3n) is 5.26. The summed E-state index contributed by atoms with van der Waals surface area (Å²) in [6.45, 7) is 2.25. The van der Waals surface area contributed by atoms with Crippen LogP contribution in [-0.4, -0.2) is 11.6 Å². The molecule has 2 heteroatoms. The number of hydrogen-bond acceptors (Lipinski definition) is 2. The molecule has 0 unspecified atom stereocenters. The Morgan fingerprint density at radius 3 is 1.61 bits per heavy atom. The van der Waals surface area contributed by atoms with E-state index in [9.17, 15) is 9.59 Å². The molecule has 2 rings (SSSR count). The quantitative estimate of drug-likeness (QED) is 0.253. The Bertz CT molecular complexity index is 701. The molecule has 0 aliphatic rings. The zero-order chi connectivity index (χ0) is 20.0. The highest BCUT2D eigenvalue weighted by molar-refractivity contribution is 6.09. The maximum absolute atomic E-state index is 12.4. The van der Waals surface area contributed by atoms with Gasteiger partial charge in [-0.2, -0.15) is 0 Å². The summed E-state index contributed by atoms with van der Waals surface area (Å²) in [5, 5.41) is 0. The van der Waals surface area contributed by atoms with Gasteiger partial charge in [0.15, 0.2) is 11.6 Å². The third kappa shape index (κ3) is 7.80. The minimum Gasteiger partial charge on any atom is -0.294 e. The fourth-order valence-electron chi connectivity index (χ4n) is 3.48. The van der Waals surface area contributed by atoms with E-state index < -0.39 is 0 Å².